The number of rotatable bonds is 1. The van der Waals surface area contributed by atoms with Gasteiger partial charge in [0, 0.05) is 5.92 Å². The molecule has 1 N–H and O–H groups in total. The largest absolute Gasteiger partial charge is 0.392 e. The fourth-order valence-electron chi connectivity index (χ4n) is 2.70. The Morgan fingerprint density at radius 2 is 1.71 bits per heavy atom. The van der Waals surface area contributed by atoms with Crippen molar-refractivity contribution in [2.45, 2.75) is 33.3 Å². The van der Waals surface area contributed by atoms with Gasteiger partial charge in [-0.15, -0.1) is 0 Å². The van der Waals surface area contributed by atoms with Crippen molar-refractivity contribution in [2.24, 2.45) is 17.8 Å². The van der Waals surface area contributed by atoms with E-state index in [1.54, 1.807) is 0 Å². The standard InChI is InChI=1S/C16H22O/c1-11-9-10-15(13(3)16(17)12(11)2)14-7-5-4-6-8-14/h4-8,10-13,16-17H,9H2,1-3H3/t11-,12-,13+,16+/m1/s1. The van der Waals surface area contributed by atoms with Crippen molar-refractivity contribution in [1.82, 2.24) is 0 Å². The summed E-state index contributed by atoms with van der Waals surface area (Å²) in [6, 6.07) is 10.4. The fourth-order valence-corrected chi connectivity index (χ4v) is 2.70. The van der Waals surface area contributed by atoms with Crippen molar-refractivity contribution < 1.29 is 5.11 Å². The van der Waals surface area contributed by atoms with Crippen LogP contribution in [0.2, 0.25) is 0 Å². The molecule has 0 saturated heterocycles. The summed E-state index contributed by atoms with van der Waals surface area (Å²) in [7, 11) is 0. The molecule has 17 heavy (non-hydrogen) atoms. The second-order valence-corrected chi connectivity index (χ2v) is 5.38. The summed E-state index contributed by atoms with van der Waals surface area (Å²) in [4.78, 5) is 0. The van der Waals surface area contributed by atoms with Gasteiger partial charge in [0.25, 0.3) is 0 Å². The highest BCUT2D eigenvalue weighted by atomic mass is 16.3. The summed E-state index contributed by atoms with van der Waals surface area (Å²) in [6.45, 7) is 6.52. The molecule has 1 aromatic carbocycles. The smallest absolute Gasteiger partial charge is 0.0634 e. The van der Waals surface area contributed by atoms with Crippen LogP contribution >= 0.6 is 0 Å². The lowest BCUT2D eigenvalue weighted by Gasteiger charge is -2.27. The molecule has 1 aromatic rings. The van der Waals surface area contributed by atoms with Gasteiger partial charge in [0.2, 0.25) is 0 Å². The monoisotopic (exact) mass is 230 g/mol. The first-order valence-electron chi connectivity index (χ1n) is 6.54. The molecule has 0 spiro atoms. The number of aliphatic hydroxyl groups is 1. The van der Waals surface area contributed by atoms with Gasteiger partial charge in [-0.3, -0.25) is 0 Å². The lowest BCUT2D eigenvalue weighted by molar-refractivity contribution is 0.0647. The molecule has 0 heterocycles. The maximum absolute atomic E-state index is 10.4. The highest BCUT2D eigenvalue weighted by molar-refractivity contribution is 5.68. The Bertz CT molecular complexity index is 393. The molecule has 2 rings (SSSR count). The van der Waals surface area contributed by atoms with Crippen LogP contribution in [-0.2, 0) is 0 Å². The normalized spacial score (nSPS) is 34.0. The third kappa shape index (κ3) is 2.44. The van der Waals surface area contributed by atoms with Crippen molar-refractivity contribution in [3.63, 3.8) is 0 Å². The van der Waals surface area contributed by atoms with Gasteiger partial charge in [0.05, 0.1) is 6.10 Å². The van der Waals surface area contributed by atoms with Gasteiger partial charge in [-0.2, -0.15) is 0 Å². The fraction of sp³-hybridized carbons (Fsp3) is 0.500. The van der Waals surface area contributed by atoms with Gasteiger partial charge in [-0.05, 0) is 29.4 Å². The van der Waals surface area contributed by atoms with Crippen LogP contribution in [0.3, 0.4) is 0 Å². The average molecular weight is 230 g/mol. The Kier molecular flexibility index (Phi) is 3.68. The van der Waals surface area contributed by atoms with E-state index >= 15 is 0 Å². The minimum atomic E-state index is -0.237. The number of hydrogen-bond acceptors (Lipinski definition) is 1. The summed E-state index contributed by atoms with van der Waals surface area (Å²) < 4.78 is 0. The molecule has 0 aromatic heterocycles. The molecule has 0 amide bonds. The van der Waals surface area contributed by atoms with E-state index in [4.69, 9.17) is 0 Å². The van der Waals surface area contributed by atoms with Gasteiger partial charge in [0.1, 0.15) is 0 Å². The minimum Gasteiger partial charge on any atom is -0.392 e. The maximum atomic E-state index is 10.4. The predicted molar refractivity (Wildman–Crippen MR) is 72.5 cm³/mol. The highest BCUT2D eigenvalue weighted by Gasteiger charge is 2.30. The Morgan fingerprint density at radius 1 is 1.06 bits per heavy atom. The first-order chi connectivity index (χ1) is 8.11. The summed E-state index contributed by atoms with van der Waals surface area (Å²) in [5.41, 5.74) is 2.55. The van der Waals surface area contributed by atoms with E-state index < -0.39 is 0 Å². The molecule has 1 heteroatoms. The predicted octanol–water partition coefficient (Wildman–Crippen LogP) is 3.74. The van der Waals surface area contributed by atoms with Crippen LogP contribution < -0.4 is 0 Å². The molecule has 1 aliphatic carbocycles. The summed E-state index contributed by atoms with van der Waals surface area (Å²) in [5.74, 6) is 1.13. The number of benzene rings is 1. The van der Waals surface area contributed by atoms with Gasteiger partial charge < -0.3 is 5.11 Å². The minimum absolute atomic E-state index is 0.220. The van der Waals surface area contributed by atoms with Crippen LogP contribution in [0.15, 0.2) is 36.4 Å². The second kappa shape index (κ2) is 5.05. The van der Waals surface area contributed by atoms with Crippen molar-refractivity contribution in [1.29, 1.82) is 0 Å². The Labute approximate surface area is 104 Å². The van der Waals surface area contributed by atoms with E-state index in [2.05, 4.69) is 51.1 Å². The maximum Gasteiger partial charge on any atom is 0.0634 e. The third-order valence-electron chi connectivity index (χ3n) is 4.26. The van der Waals surface area contributed by atoms with E-state index in [-0.39, 0.29) is 12.0 Å². The molecule has 0 unspecified atom stereocenters. The first kappa shape index (κ1) is 12.4. The van der Waals surface area contributed by atoms with Gasteiger partial charge in [0.15, 0.2) is 0 Å². The Hall–Kier alpha value is -1.08. The zero-order valence-corrected chi connectivity index (χ0v) is 10.9. The molecule has 0 fully saturated rings. The Balaban J connectivity index is 2.34. The van der Waals surface area contributed by atoms with Gasteiger partial charge in [-0.25, -0.2) is 0 Å². The number of hydrogen-bond donors (Lipinski definition) is 1. The zero-order valence-electron chi connectivity index (χ0n) is 10.9. The van der Waals surface area contributed by atoms with E-state index in [0.717, 1.165) is 6.42 Å². The second-order valence-electron chi connectivity index (χ2n) is 5.38. The Morgan fingerprint density at radius 3 is 2.35 bits per heavy atom. The van der Waals surface area contributed by atoms with Crippen molar-refractivity contribution >= 4 is 5.57 Å². The molecule has 4 atom stereocenters. The van der Waals surface area contributed by atoms with Gasteiger partial charge >= 0.3 is 0 Å². The SMILES string of the molecule is C[C@H]1[C@H](O)[C@@H](C)C(c2ccccc2)=CC[C@H]1C. The molecule has 92 valence electrons. The summed E-state index contributed by atoms with van der Waals surface area (Å²) in [5, 5.41) is 10.4. The van der Waals surface area contributed by atoms with E-state index in [1.807, 2.05) is 6.07 Å². The van der Waals surface area contributed by atoms with Gasteiger partial charge in [-0.1, -0.05) is 57.2 Å². The summed E-state index contributed by atoms with van der Waals surface area (Å²) >= 11 is 0. The quantitative estimate of drug-likeness (QED) is 0.779. The first-order valence-corrected chi connectivity index (χ1v) is 6.54. The van der Waals surface area contributed by atoms with E-state index in [0.29, 0.717) is 11.8 Å². The number of allylic oxidation sites excluding steroid dienone is 1. The highest BCUT2D eigenvalue weighted by Crippen LogP contribution is 2.36. The molecule has 0 saturated carbocycles. The topological polar surface area (TPSA) is 20.2 Å². The van der Waals surface area contributed by atoms with Crippen molar-refractivity contribution in [3.05, 3.63) is 42.0 Å². The van der Waals surface area contributed by atoms with Crippen molar-refractivity contribution in [2.75, 3.05) is 0 Å². The van der Waals surface area contributed by atoms with Crippen LogP contribution in [-0.4, -0.2) is 11.2 Å². The third-order valence-corrected chi connectivity index (χ3v) is 4.26. The molecule has 0 aliphatic heterocycles. The van der Waals surface area contributed by atoms with E-state index in [1.165, 1.54) is 11.1 Å². The van der Waals surface area contributed by atoms with E-state index in [9.17, 15) is 5.11 Å². The van der Waals surface area contributed by atoms with Crippen LogP contribution in [0.1, 0.15) is 32.8 Å². The molecular weight excluding hydrogens is 208 g/mol. The zero-order chi connectivity index (χ0) is 12.4. The molecule has 0 bridgehead atoms. The van der Waals surface area contributed by atoms with Crippen LogP contribution in [0.25, 0.3) is 5.57 Å². The lowest BCUT2D eigenvalue weighted by atomic mass is 9.83. The summed E-state index contributed by atoms with van der Waals surface area (Å²) in [6.07, 6.45) is 3.14. The molecule has 1 nitrogen and oxygen atoms in total. The molecule has 1 aliphatic rings. The van der Waals surface area contributed by atoms with Crippen LogP contribution in [0.4, 0.5) is 0 Å². The lowest BCUT2D eigenvalue weighted by Crippen LogP contribution is -2.28. The molecule has 0 radical (unpaired) electrons. The number of aliphatic hydroxyl groups excluding tert-OH is 1. The van der Waals surface area contributed by atoms with Crippen molar-refractivity contribution in [3.8, 4) is 0 Å². The molecular formula is C16H22O. The van der Waals surface area contributed by atoms with Crippen LogP contribution in [0.5, 0.6) is 0 Å². The van der Waals surface area contributed by atoms with Crippen LogP contribution in [0, 0.1) is 17.8 Å². The average Bonchev–Trinajstić information content (AvgIpc) is 2.45.